The summed E-state index contributed by atoms with van der Waals surface area (Å²) in [5.74, 6) is -3.44. The van der Waals surface area contributed by atoms with Crippen LogP contribution in [0.25, 0.3) is 0 Å². The van der Waals surface area contributed by atoms with Crippen molar-refractivity contribution in [2.45, 2.75) is 45.2 Å². The maximum atomic E-state index is 12.0. The fraction of sp³-hybridized carbons (Fsp3) is 0.350. The smallest absolute Gasteiger partial charge is 0.407 e. The van der Waals surface area contributed by atoms with Gasteiger partial charge in [-0.3, -0.25) is 4.72 Å². The number of rotatable bonds is 6. The van der Waals surface area contributed by atoms with E-state index in [4.69, 9.17) is 16.2 Å². The molecule has 2 aromatic carbocycles. The van der Waals surface area contributed by atoms with E-state index in [-0.39, 0.29) is 5.69 Å². The zero-order valence-corrected chi connectivity index (χ0v) is 18.4. The number of ether oxygens (including phenoxy) is 1. The van der Waals surface area contributed by atoms with Gasteiger partial charge in [-0.2, -0.15) is 8.78 Å². The predicted octanol–water partition coefficient (Wildman–Crippen LogP) is 3.40. The maximum Gasteiger partial charge on any atom is 0.407 e. The summed E-state index contributed by atoms with van der Waals surface area (Å²) in [7, 11) is -4.59. The van der Waals surface area contributed by atoms with Gasteiger partial charge in [0.15, 0.2) is 0 Å². The van der Waals surface area contributed by atoms with Gasteiger partial charge in [0.05, 0.1) is 0 Å². The van der Waals surface area contributed by atoms with Crippen LogP contribution in [0, 0.1) is 0 Å². The summed E-state index contributed by atoms with van der Waals surface area (Å²) < 4.78 is 52.3. The summed E-state index contributed by atoms with van der Waals surface area (Å²) in [5, 5.41) is 2.67. The summed E-state index contributed by atoms with van der Waals surface area (Å²) in [6.07, 6.45) is -0.413. The Balaban J connectivity index is 0.000000311. The molecule has 0 atom stereocenters. The van der Waals surface area contributed by atoms with Gasteiger partial charge in [0.2, 0.25) is 0 Å². The third-order valence-electron chi connectivity index (χ3n) is 3.50. The number of benzene rings is 2. The SMILES string of the molecule is CC(C)(C)OC(=O)NCc1ccc(N)cc1.NCc1ccc(NS(=O)(=O)C(F)F)cc1. The van der Waals surface area contributed by atoms with E-state index < -0.39 is 27.5 Å². The molecule has 0 aliphatic heterocycles. The van der Waals surface area contributed by atoms with Crippen LogP contribution in [-0.4, -0.2) is 25.9 Å². The topological polar surface area (TPSA) is 137 Å². The third kappa shape index (κ3) is 10.6. The van der Waals surface area contributed by atoms with Gasteiger partial charge >= 0.3 is 11.9 Å². The number of halogens is 2. The lowest BCUT2D eigenvalue weighted by Crippen LogP contribution is -2.32. The molecule has 2 aromatic rings. The summed E-state index contributed by atoms with van der Waals surface area (Å²) >= 11 is 0. The lowest BCUT2D eigenvalue weighted by Gasteiger charge is -2.19. The van der Waals surface area contributed by atoms with Crippen molar-refractivity contribution in [3.8, 4) is 0 Å². The van der Waals surface area contributed by atoms with E-state index in [0.717, 1.165) is 11.1 Å². The molecule has 2 rings (SSSR count). The number of carbonyl (C=O) groups excluding carboxylic acids is 1. The van der Waals surface area contributed by atoms with Crippen LogP contribution in [0.2, 0.25) is 0 Å². The molecule has 31 heavy (non-hydrogen) atoms. The van der Waals surface area contributed by atoms with Crippen LogP contribution in [0.1, 0.15) is 31.9 Å². The van der Waals surface area contributed by atoms with Gasteiger partial charge in [-0.05, 0) is 56.2 Å². The molecule has 0 saturated carbocycles. The molecule has 0 bridgehead atoms. The fourth-order valence-corrected chi connectivity index (χ4v) is 2.60. The van der Waals surface area contributed by atoms with Crippen molar-refractivity contribution < 1.29 is 26.7 Å². The van der Waals surface area contributed by atoms with E-state index in [1.807, 2.05) is 32.9 Å². The number of alkyl carbamates (subject to hydrolysis) is 1. The highest BCUT2D eigenvalue weighted by atomic mass is 32.2. The lowest BCUT2D eigenvalue weighted by molar-refractivity contribution is 0.0523. The number of nitrogens with two attached hydrogens (primary N) is 2. The number of carbonyl (C=O) groups is 1. The molecule has 0 aromatic heterocycles. The van der Waals surface area contributed by atoms with E-state index in [2.05, 4.69) is 5.32 Å². The van der Waals surface area contributed by atoms with E-state index in [1.165, 1.54) is 12.1 Å². The van der Waals surface area contributed by atoms with Gasteiger partial charge in [0.1, 0.15) is 5.60 Å². The largest absolute Gasteiger partial charge is 0.444 e. The summed E-state index contributed by atoms with van der Waals surface area (Å²) in [5.41, 5.74) is 13.0. The molecular weight excluding hydrogens is 430 g/mol. The molecule has 8 nitrogen and oxygen atoms in total. The van der Waals surface area contributed by atoms with E-state index in [9.17, 15) is 22.0 Å². The van der Waals surface area contributed by atoms with Gasteiger partial charge in [-0.1, -0.05) is 24.3 Å². The van der Waals surface area contributed by atoms with E-state index >= 15 is 0 Å². The van der Waals surface area contributed by atoms with Crippen molar-refractivity contribution in [2.24, 2.45) is 5.73 Å². The van der Waals surface area contributed by atoms with E-state index in [0.29, 0.717) is 18.8 Å². The number of anilines is 2. The highest BCUT2D eigenvalue weighted by molar-refractivity contribution is 7.93. The number of nitrogen functional groups attached to an aromatic ring is 1. The number of alkyl halides is 2. The fourth-order valence-electron chi connectivity index (χ4n) is 2.04. The molecule has 0 aliphatic carbocycles. The summed E-state index contributed by atoms with van der Waals surface area (Å²) in [6, 6.07) is 13.2. The van der Waals surface area contributed by atoms with Crippen LogP contribution >= 0.6 is 0 Å². The normalized spacial score (nSPS) is 11.3. The Labute approximate surface area is 181 Å². The molecule has 0 spiro atoms. The first-order valence-corrected chi connectivity index (χ1v) is 10.8. The molecule has 11 heteroatoms. The van der Waals surface area contributed by atoms with Crippen molar-refractivity contribution in [2.75, 3.05) is 10.5 Å². The Hall–Kier alpha value is -2.92. The first-order chi connectivity index (χ1) is 14.3. The minimum absolute atomic E-state index is 0.0903. The Kier molecular flexibility index (Phi) is 9.66. The molecule has 0 heterocycles. The molecule has 0 aliphatic rings. The molecule has 1 amide bonds. The van der Waals surface area contributed by atoms with Crippen molar-refractivity contribution in [1.82, 2.24) is 5.32 Å². The number of amides is 1. The minimum atomic E-state index is -4.59. The third-order valence-corrected chi connectivity index (χ3v) is 4.49. The molecule has 0 saturated heterocycles. The molecule has 0 unspecified atom stereocenters. The first kappa shape index (κ1) is 26.1. The zero-order valence-electron chi connectivity index (χ0n) is 17.6. The maximum absolute atomic E-state index is 12.0. The number of hydrogen-bond donors (Lipinski definition) is 4. The van der Waals surface area contributed by atoms with Gasteiger partial charge in [0, 0.05) is 24.5 Å². The van der Waals surface area contributed by atoms with Crippen molar-refractivity contribution >= 4 is 27.5 Å². The van der Waals surface area contributed by atoms with Crippen molar-refractivity contribution in [1.29, 1.82) is 0 Å². The second-order valence-electron chi connectivity index (χ2n) is 7.41. The Morgan fingerprint density at radius 2 is 1.55 bits per heavy atom. The monoisotopic (exact) mass is 458 g/mol. The molecule has 172 valence electrons. The second kappa shape index (κ2) is 11.5. The lowest BCUT2D eigenvalue weighted by atomic mass is 10.2. The molecular formula is C20H28F2N4O4S. The van der Waals surface area contributed by atoms with Gasteiger partial charge < -0.3 is 21.5 Å². The highest BCUT2D eigenvalue weighted by Crippen LogP contribution is 2.14. The average Bonchev–Trinajstić information content (AvgIpc) is 2.67. The predicted molar refractivity (Wildman–Crippen MR) is 117 cm³/mol. The zero-order chi connectivity index (χ0) is 23.7. The van der Waals surface area contributed by atoms with Crippen LogP contribution in [0.4, 0.5) is 25.0 Å². The van der Waals surface area contributed by atoms with Crippen LogP contribution < -0.4 is 21.5 Å². The molecule has 0 fully saturated rings. The molecule has 6 N–H and O–H groups in total. The standard InChI is InChI=1S/C12H18N2O2.C8H10F2N2O2S/c1-12(2,3)16-11(15)14-8-9-4-6-10(13)7-5-9;9-8(10)15(13,14)12-7-3-1-6(5-11)2-4-7/h4-7H,8,13H2,1-3H3,(H,14,15);1-4,8,12H,5,11H2. The Bertz CT molecular complexity index is 929. The first-order valence-electron chi connectivity index (χ1n) is 9.22. The quantitative estimate of drug-likeness (QED) is 0.490. The van der Waals surface area contributed by atoms with Crippen LogP contribution in [0.15, 0.2) is 48.5 Å². The minimum Gasteiger partial charge on any atom is -0.444 e. The average molecular weight is 459 g/mol. The number of nitrogens with one attached hydrogen (secondary N) is 2. The van der Waals surface area contributed by atoms with E-state index in [1.54, 1.807) is 29.0 Å². The van der Waals surface area contributed by atoms with Gasteiger partial charge in [0.25, 0.3) is 10.0 Å². The van der Waals surface area contributed by atoms with Gasteiger partial charge in [-0.15, -0.1) is 0 Å². The van der Waals surface area contributed by atoms with Crippen LogP contribution in [-0.2, 0) is 27.8 Å². The highest BCUT2D eigenvalue weighted by Gasteiger charge is 2.23. The van der Waals surface area contributed by atoms with Gasteiger partial charge in [-0.25, -0.2) is 13.2 Å². The Morgan fingerprint density at radius 1 is 1.03 bits per heavy atom. The van der Waals surface area contributed by atoms with Crippen LogP contribution in [0.5, 0.6) is 0 Å². The molecule has 0 radical (unpaired) electrons. The van der Waals surface area contributed by atoms with Crippen molar-refractivity contribution in [3.63, 3.8) is 0 Å². The summed E-state index contributed by atoms with van der Waals surface area (Å²) in [4.78, 5) is 11.3. The van der Waals surface area contributed by atoms with Crippen molar-refractivity contribution in [3.05, 3.63) is 59.7 Å². The number of sulfonamides is 1. The Morgan fingerprint density at radius 3 is 2.00 bits per heavy atom. The summed E-state index contributed by atoms with van der Waals surface area (Å²) in [6.45, 7) is 6.23. The second-order valence-corrected chi connectivity index (χ2v) is 9.06. The number of hydrogen-bond acceptors (Lipinski definition) is 6. The van der Waals surface area contributed by atoms with Crippen LogP contribution in [0.3, 0.4) is 0 Å².